The van der Waals surface area contributed by atoms with E-state index in [1.807, 2.05) is 18.2 Å². The maximum absolute atomic E-state index is 13.7. The van der Waals surface area contributed by atoms with E-state index in [1.165, 1.54) is 24.3 Å². The lowest BCUT2D eigenvalue weighted by Gasteiger charge is -2.29. The minimum Gasteiger partial charge on any atom is -0.267 e. The fraction of sp³-hybridized carbons (Fsp3) is 0.185. The summed E-state index contributed by atoms with van der Waals surface area (Å²) >= 11 is 3.44. The van der Waals surface area contributed by atoms with Crippen molar-refractivity contribution in [1.29, 1.82) is 0 Å². The quantitative estimate of drug-likeness (QED) is 0.370. The van der Waals surface area contributed by atoms with Crippen LogP contribution in [0.3, 0.4) is 0 Å². The zero-order chi connectivity index (χ0) is 22.9. The molecule has 0 N–H and O–H groups in total. The Kier molecular flexibility index (Phi) is 5.94. The number of fused-ring (bicyclic) bond motifs is 1. The second-order valence-electron chi connectivity index (χ2n) is 8.36. The Balaban J connectivity index is 1.58. The molecule has 2 aliphatic rings. The molecule has 1 heterocycles. The molecule has 0 unspecified atom stereocenters. The number of carbonyl (C=O) groups is 1. The van der Waals surface area contributed by atoms with Crippen LogP contribution in [0.2, 0.25) is 0 Å². The third kappa shape index (κ3) is 4.40. The number of hydrogen-bond acceptors (Lipinski definition) is 2. The highest BCUT2D eigenvalue weighted by Gasteiger charge is 2.43. The van der Waals surface area contributed by atoms with E-state index in [1.54, 1.807) is 41.4 Å². The number of amides is 1. The lowest BCUT2D eigenvalue weighted by molar-refractivity contribution is 0.0680. The van der Waals surface area contributed by atoms with Gasteiger partial charge in [-0.3, -0.25) is 4.79 Å². The third-order valence-corrected chi connectivity index (χ3v) is 6.70. The van der Waals surface area contributed by atoms with Gasteiger partial charge in [-0.25, -0.2) is 13.8 Å². The number of hydrazone groups is 1. The van der Waals surface area contributed by atoms with Crippen molar-refractivity contribution in [2.45, 2.75) is 25.3 Å². The first-order chi connectivity index (χ1) is 16.0. The van der Waals surface area contributed by atoms with Crippen molar-refractivity contribution in [1.82, 2.24) is 5.01 Å². The van der Waals surface area contributed by atoms with Crippen LogP contribution in [0.1, 0.15) is 46.8 Å². The summed E-state index contributed by atoms with van der Waals surface area (Å²) in [5, 5.41) is 6.39. The fourth-order valence-corrected chi connectivity index (χ4v) is 5.07. The number of carbonyl (C=O) groups excluding carboxylic acids is 1. The molecule has 0 saturated heterocycles. The molecule has 33 heavy (non-hydrogen) atoms. The van der Waals surface area contributed by atoms with Crippen LogP contribution in [0.5, 0.6) is 0 Å². The van der Waals surface area contributed by atoms with Crippen LogP contribution in [-0.2, 0) is 0 Å². The zero-order valence-corrected chi connectivity index (χ0v) is 19.3. The summed E-state index contributed by atoms with van der Waals surface area (Å²) in [6, 6.07) is 19.6. The van der Waals surface area contributed by atoms with Crippen molar-refractivity contribution < 1.29 is 13.6 Å². The number of nitrogens with zero attached hydrogens (tertiary/aromatic N) is 2. The average molecular weight is 507 g/mol. The van der Waals surface area contributed by atoms with E-state index in [2.05, 4.69) is 15.9 Å². The van der Waals surface area contributed by atoms with Gasteiger partial charge in [-0.2, -0.15) is 5.10 Å². The topological polar surface area (TPSA) is 32.7 Å². The van der Waals surface area contributed by atoms with Gasteiger partial charge in [0.05, 0.1) is 11.8 Å². The first-order valence-electron chi connectivity index (χ1n) is 10.9. The molecule has 1 fully saturated rings. The van der Waals surface area contributed by atoms with Crippen LogP contribution >= 0.6 is 15.9 Å². The molecule has 0 radical (unpaired) electrons. The molecule has 1 amide bonds. The molecular weight excluding hydrogens is 486 g/mol. The van der Waals surface area contributed by atoms with E-state index >= 15 is 0 Å². The highest BCUT2D eigenvalue weighted by Crippen LogP contribution is 2.45. The summed E-state index contributed by atoms with van der Waals surface area (Å²) in [6.07, 6.45) is 4.69. The number of halogens is 3. The smallest absolute Gasteiger partial charge is 0.267 e. The fourth-order valence-electron chi connectivity index (χ4n) is 4.68. The molecule has 0 aromatic heterocycles. The average Bonchev–Trinajstić information content (AvgIpc) is 3.21. The Morgan fingerprint density at radius 3 is 2.39 bits per heavy atom. The van der Waals surface area contributed by atoms with E-state index in [4.69, 9.17) is 5.10 Å². The Labute approximate surface area is 199 Å². The van der Waals surface area contributed by atoms with E-state index in [9.17, 15) is 13.6 Å². The Hall–Kier alpha value is -3.12. The molecule has 166 valence electrons. The molecule has 3 aromatic rings. The van der Waals surface area contributed by atoms with Crippen molar-refractivity contribution in [3.05, 3.63) is 111 Å². The van der Waals surface area contributed by atoms with Gasteiger partial charge in [0.2, 0.25) is 0 Å². The van der Waals surface area contributed by atoms with Crippen LogP contribution in [0.4, 0.5) is 8.78 Å². The van der Waals surface area contributed by atoms with Crippen molar-refractivity contribution in [2.75, 3.05) is 0 Å². The molecular formula is C27H21BrF2N2O. The predicted molar refractivity (Wildman–Crippen MR) is 129 cm³/mol. The first-order valence-corrected chi connectivity index (χ1v) is 11.7. The molecule has 1 aliphatic heterocycles. The van der Waals surface area contributed by atoms with Gasteiger partial charge in [0.25, 0.3) is 5.91 Å². The molecule has 5 rings (SSSR count). The van der Waals surface area contributed by atoms with Crippen LogP contribution in [-0.4, -0.2) is 16.6 Å². The highest BCUT2D eigenvalue weighted by atomic mass is 79.9. The zero-order valence-electron chi connectivity index (χ0n) is 17.7. The monoisotopic (exact) mass is 506 g/mol. The van der Waals surface area contributed by atoms with Crippen LogP contribution < -0.4 is 0 Å². The summed E-state index contributed by atoms with van der Waals surface area (Å²) in [5.41, 5.74) is 4.21. The van der Waals surface area contributed by atoms with Gasteiger partial charge in [-0.1, -0.05) is 46.3 Å². The third-order valence-electron chi connectivity index (χ3n) is 6.20. The summed E-state index contributed by atoms with van der Waals surface area (Å²) in [5.74, 6) is -0.789. The molecule has 2 atom stereocenters. The first kappa shape index (κ1) is 21.7. The van der Waals surface area contributed by atoms with Gasteiger partial charge < -0.3 is 0 Å². The second-order valence-corrected chi connectivity index (χ2v) is 9.28. The second kappa shape index (κ2) is 9.02. The van der Waals surface area contributed by atoms with Crippen LogP contribution in [0, 0.1) is 17.6 Å². The lowest BCUT2D eigenvalue weighted by Crippen LogP contribution is -2.31. The van der Waals surface area contributed by atoms with Crippen molar-refractivity contribution in [2.24, 2.45) is 11.0 Å². The van der Waals surface area contributed by atoms with E-state index < -0.39 is 0 Å². The van der Waals surface area contributed by atoms with Gasteiger partial charge in [0.15, 0.2) is 0 Å². The maximum atomic E-state index is 13.7. The van der Waals surface area contributed by atoms with Gasteiger partial charge >= 0.3 is 0 Å². The number of benzene rings is 3. The largest absolute Gasteiger partial charge is 0.274 e. The molecule has 1 aliphatic carbocycles. The minimum atomic E-state index is -0.316. The molecule has 0 spiro atoms. The van der Waals surface area contributed by atoms with Gasteiger partial charge in [0.1, 0.15) is 11.6 Å². The molecule has 1 saturated carbocycles. The van der Waals surface area contributed by atoms with E-state index in [-0.39, 0.29) is 29.5 Å². The van der Waals surface area contributed by atoms with Gasteiger partial charge in [0, 0.05) is 16.0 Å². The highest BCUT2D eigenvalue weighted by molar-refractivity contribution is 9.10. The van der Waals surface area contributed by atoms with E-state index in [0.717, 1.165) is 46.1 Å². The van der Waals surface area contributed by atoms with Gasteiger partial charge in [-0.05, 0) is 84.5 Å². The Morgan fingerprint density at radius 2 is 1.70 bits per heavy atom. The molecule has 6 heteroatoms. The summed E-state index contributed by atoms with van der Waals surface area (Å²) in [7, 11) is 0. The minimum absolute atomic E-state index is 0.00649. The van der Waals surface area contributed by atoms with Crippen molar-refractivity contribution >= 4 is 33.6 Å². The van der Waals surface area contributed by atoms with Crippen LogP contribution in [0.15, 0.2) is 87.9 Å². The standard InChI is InChI=1S/C27H21BrF2N2O/c28-21-5-1-4-20(16-21)27(33)32-26(18-9-13-23(30)14-10-18)24-6-2-3-19(25(24)31-32)15-17-7-11-22(29)12-8-17/h1,4-5,7-16,24,26H,2-3,6H2/b19-15+/t24-,26-/m1/s1. The Morgan fingerprint density at radius 1 is 1.00 bits per heavy atom. The lowest BCUT2D eigenvalue weighted by atomic mass is 9.77. The van der Waals surface area contributed by atoms with Crippen molar-refractivity contribution in [3.8, 4) is 0 Å². The maximum Gasteiger partial charge on any atom is 0.274 e. The molecule has 0 bridgehead atoms. The summed E-state index contributed by atoms with van der Waals surface area (Å²) < 4.78 is 27.8. The molecule has 3 aromatic carbocycles. The van der Waals surface area contributed by atoms with E-state index in [0.29, 0.717) is 5.56 Å². The normalized spacial score (nSPS) is 21.1. The number of hydrogen-bond donors (Lipinski definition) is 0. The summed E-state index contributed by atoms with van der Waals surface area (Å²) in [4.78, 5) is 13.6. The van der Waals surface area contributed by atoms with Gasteiger partial charge in [-0.15, -0.1) is 0 Å². The Bertz CT molecular complexity index is 1250. The predicted octanol–water partition coefficient (Wildman–Crippen LogP) is 7.16. The van der Waals surface area contributed by atoms with Crippen LogP contribution in [0.25, 0.3) is 6.08 Å². The SMILES string of the molecule is O=C(c1cccc(Br)c1)N1N=C2/C(=C/c3ccc(F)cc3)CCC[C@H]2[C@H]1c1ccc(F)cc1. The number of allylic oxidation sites excluding steroid dienone is 1. The van der Waals surface area contributed by atoms with Crippen molar-refractivity contribution in [3.63, 3.8) is 0 Å². The number of rotatable bonds is 3. The molecule has 3 nitrogen and oxygen atoms in total. The summed E-state index contributed by atoms with van der Waals surface area (Å²) in [6.45, 7) is 0.